The predicted octanol–water partition coefficient (Wildman–Crippen LogP) is 2.37. The lowest BCUT2D eigenvalue weighted by molar-refractivity contribution is -0.138. The van der Waals surface area contributed by atoms with E-state index in [0.717, 1.165) is 6.42 Å². The van der Waals surface area contributed by atoms with Crippen molar-refractivity contribution in [1.29, 1.82) is 0 Å². The standard InChI is InChI=1S/C23H27NO6S/c1-12-8-17-18(9-13(12)2)30-22-19(21(17)26)20(14-4-3-5-16(25)10-14)24(23(22)27)15-6-7-31(28,29)11-15/h3-5,10,12-13,15,17-18,20,25H,6-9,11H2,1-2H3. The molecule has 1 N–H and O–H groups in total. The second kappa shape index (κ2) is 7.08. The Morgan fingerprint density at radius 2 is 1.87 bits per heavy atom. The number of rotatable bonds is 2. The van der Waals surface area contributed by atoms with Gasteiger partial charge in [-0.25, -0.2) is 8.42 Å². The van der Waals surface area contributed by atoms with E-state index in [-0.39, 0.29) is 40.8 Å². The topological polar surface area (TPSA) is 101 Å². The van der Waals surface area contributed by atoms with Crippen LogP contribution >= 0.6 is 0 Å². The minimum absolute atomic E-state index is 0.0218. The van der Waals surface area contributed by atoms with Crippen molar-refractivity contribution in [2.45, 2.75) is 51.3 Å². The van der Waals surface area contributed by atoms with E-state index in [9.17, 15) is 23.1 Å². The Kier molecular flexibility index (Phi) is 4.70. The first-order valence-corrected chi connectivity index (χ1v) is 12.8. The molecule has 5 rings (SSSR count). The first kappa shape index (κ1) is 20.5. The molecule has 1 aromatic rings. The summed E-state index contributed by atoms with van der Waals surface area (Å²) in [5.41, 5.74) is 0.915. The number of carbonyl (C=O) groups excluding carboxylic acids is 2. The number of phenolic OH excluding ortho intramolecular Hbond substituents is 1. The van der Waals surface area contributed by atoms with Crippen LogP contribution in [0.5, 0.6) is 5.75 Å². The Morgan fingerprint density at radius 1 is 1.13 bits per heavy atom. The highest BCUT2D eigenvalue weighted by molar-refractivity contribution is 7.91. The Labute approximate surface area is 182 Å². The lowest BCUT2D eigenvalue weighted by atomic mass is 9.70. The summed E-state index contributed by atoms with van der Waals surface area (Å²) in [5.74, 6) is -0.0132. The quantitative estimate of drug-likeness (QED) is 0.750. The molecule has 166 valence electrons. The molecule has 0 bridgehead atoms. The number of sulfone groups is 1. The fraction of sp³-hybridized carbons (Fsp3) is 0.565. The van der Waals surface area contributed by atoms with Gasteiger partial charge in [0.25, 0.3) is 5.91 Å². The molecule has 0 spiro atoms. The van der Waals surface area contributed by atoms with E-state index in [0.29, 0.717) is 35.8 Å². The van der Waals surface area contributed by atoms with Crippen LogP contribution in [0.25, 0.3) is 0 Å². The van der Waals surface area contributed by atoms with Gasteiger partial charge in [0.2, 0.25) is 0 Å². The van der Waals surface area contributed by atoms with Crippen molar-refractivity contribution >= 4 is 21.5 Å². The maximum atomic E-state index is 13.7. The van der Waals surface area contributed by atoms with E-state index in [2.05, 4.69) is 13.8 Å². The summed E-state index contributed by atoms with van der Waals surface area (Å²) >= 11 is 0. The molecule has 1 amide bonds. The molecule has 8 heteroatoms. The van der Waals surface area contributed by atoms with Crippen LogP contribution in [0.3, 0.4) is 0 Å². The zero-order valence-electron chi connectivity index (χ0n) is 17.7. The number of hydrogen-bond acceptors (Lipinski definition) is 6. The maximum absolute atomic E-state index is 13.7. The number of phenols is 1. The highest BCUT2D eigenvalue weighted by Gasteiger charge is 2.55. The van der Waals surface area contributed by atoms with Crippen molar-refractivity contribution in [3.8, 4) is 5.75 Å². The minimum Gasteiger partial charge on any atom is -0.508 e. The number of hydrogen-bond donors (Lipinski definition) is 1. The summed E-state index contributed by atoms with van der Waals surface area (Å²) in [5, 5.41) is 10.1. The van der Waals surface area contributed by atoms with Crippen molar-refractivity contribution in [1.82, 2.24) is 4.90 Å². The van der Waals surface area contributed by atoms with E-state index in [1.165, 1.54) is 17.0 Å². The van der Waals surface area contributed by atoms with Gasteiger partial charge in [-0.1, -0.05) is 26.0 Å². The molecule has 1 saturated carbocycles. The van der Waals surface area contributed by atoms with Crippen LogP contribution in [0.2, 0.25) is 0 Å². The molecule has 6 atom stereocenters. The number of ether oxygens (including phenoxy) is 1. The molecule has 2 fully saturated rings. The van der Waals surface area contributed by atoms with E-state index < -0.39 is 27.8 Å². The lowest BCUT2D eigenvalue weighted by Crippen LogP contribution is -2.43. The van der Waals surface area contributed by atoms with Crippen molar-refractivity contribution in [3.63, 3.8) is 0 Å². The lowest BCUT2D eigenvalue weighted by Gasteiger charge is -2.40. The second-order valence-corrected chi connectivity index (χ2v) is 11.8. The summed E-state index contributed by atoms with van der Waals surface area (Å²) < 4.78 is 30.5. The molecule has 0 aromatic heterocycles. The number of amides is 1. The van der Waals surface area contributed by atoms with Crippen LogP contribution in [-0.2, 0) is 24.2 Å². The van der Waals surface area contributed by atoms with Gasteiger partial charge in [0.15, 0.2) is 21.4 Å². The number of nitrogens with zero attached hydrogens (tertiary/aromatic N) is 1. The van der Waals surface area contributed by atoms with Crippen molar-refractivity contribution in [2.24, 2.45) is 17.8 Å². The Morgan fingerprint density at radius 3 is 2.55 bits per heavy atom. The maximum Gasteiger partial charge on any atom is 0.290 e. The molecule has 7 nitrogen and oxygen atoms in total. The molecular formula is C23H27NO6S. The Balaban J connectivity index is 1.60. The molecular weight excluding hydrogens is 418 g/mol. The van der Waals surface area contributed by atoms with E-state index in [4.69, 9.17) is 4.74 Å². The van der Waals surface area contributed by atoms with Gasteiger partial charge in [-0.15, -0.1) is 0 Å². The number of benzene rings is 1. The number of fused-ring (bicyclic) bond motifs is 1. The van der Waals surface area contributed by atoms with E-state index in [1.807, 2.05) is 0 Å². The fourth-order valence-corrected chi connectivity index (χ4v) is 7.38. The summed E-state index contributed by atoms with van der Waals surface area (Å²) in [6.45, 7) is 4.28. The molecule has 3 aliphatic heterocycles. The monoisotopic (exact) mass is 445 g/mol. The molecule has 6 unspecified atom stereocenters. The average molecular weight is 446 g/mol. The normalized spacial score (nSPS) is 36.9. The molecule has 3 heterocycles. The fourth-order valence-electron chi connectivity index (χ4n) is 5.67. The molecule has 4 aliphatic rings. The van der Waals surface area contributed by atoms with Crippen molar-refractivity contribution in [2.75, 3.05) is 11.5 Å². The van der Waals surface area contributed by atoms with Crippen LogP contribution in [0.1, 0.15) is 44.7 Å². The smallest absolute Gasteiger partial charge is 0.290 e. The summed E-state index contributed by atoms with van der Waals surface area (Å²) in [4.78, 5) is 28.7. The van der Waals surface area contributed by atoms with Gasteiger partial charge in [0, 0.05) is 6.04 Å². The van der Waals surface area contributed by atoms with Gasteiger partial charge < -0.3 is 14.7 Å². The number of aromatic hydroxyl groups is 1. The van der Waals surface area contributed by atoms with Gasteiger partial charge in [0.05, 0.1) is 29.0 Å². The minimum atomic E-state index is -3.24. The van der Waals surface area contributed by atoms with Crippen LogP contribution in [-0.4, -0.2) is 53.8 Å². The zero-order chi connectivity index (χ0) is 22.1. The first-order valence-electron chi connectivity index (χ1n) is 10.9. The number of ketones is 1. The third-order valence-corrected chi connectivity index (χ3v) is 9.28. The van der Waals surface area contributed by atoms with Gasteiger partial charge in [-0.2, -0.15) is 0 Å². The van der Waals surface area contributed by atoms with Crippen molar-refractivity contribution in [3.05, 3.63) is 41.2 Å². The third kappa shape index (κ3) is 3.26. The van der Waals surface area contributed by atoms with Gasteiger partial charge in [-0.3, -0.25) is 9.59 Å². The molecule has 1 saturated heterocycles. The largest absolute Gasteiger partial charge is 0.508 e. The van der Waals surface area contributed by atoms with Crippen LogP contribution < -0.4 is 0 Å². The summed E-state index contributed by atoms with van der Waals surface area (Å²) in [6.07, 6.45) is 1.44. The molecule has 1 aromatic carbocycles. The Bertz CT molecular complexity index is 1090. The van der Waals surface area contributed by atoms with Gasteiger partial charge in [0.1, 0.15) is 11.9 Å². The van der Waals surface area contributed by atoms with Crippen LogP contribution in [0.15, 0.2) is 35.6 Å². The van der Waals surface area contributed by atoms with Crippen LogP contribution in [0.4, 0.5) is 0 Å². The summed E-state index contributed by atoms with van der Waals surface area (Å²) in [7, 11) is -3.24. The molecule has 0 radical (unpaired) electrons. The van der Waals surface area contributed by atoms with Gasteiger partial charge in [-0.05, 0) is 48.8 Å². The zero-order valence-corrected chi connectivity index (χ0v) is 18.5. The average Bonchev–Trinajstić information content (AvgIpc) is 3.20. The SMILES string of the molecule is CC1CC2OC3=C(C(=O)C2CC1C)C(c1cccc(O)c1)N(C1CCS(=O)(=O)C1)C3=O. The highest BCUT2D eigenvalue weighted by Crippen LogP contribution is 2.50. The predicted molar refractivity (Wildman–Crippen MR) is 113 cm³/mol. The van der Waals surface area contributed by atoms with Crippen molar-refractivity contribution < 1.29 is 27.9 Å². The Hall–Kier alpha value is -2.35. The number of carbonyl (C=O) groups is 2. The highest BCUT2D eigenvalue weighted by atomic mass is 32.2. The summed E-state index contributed by atoms with van der Waals surface area (Å²) in [6, 6.07) is 5.23. The molecule has 1 aliphatic carbocycles. The van der Waals surface area contributed by atoms with E-state index >= 15 is 0 Å². The van der Waals surface area contributed by atoms with Crippen LogP contribution in [0, 0.1) is 17.8 Å². The van der Waals surface area contributed by atoms with E-state index in [1.54, 1.807) is 12.1 Å². The molecule has 31 heavy (non-hydrogen) atoms. The number of Topliss-reactive ketones (excluding diaryl/α,β-unsaturated/α-hetero) is 1. The first-order chi connectivity index (χ1) is 14.7. The third-order valence-electron chi connectivity index (χ3n) is 7.53. The van der Waals surface area contributed by atoms with Gasteiger partial charge >= 0.3 is 0 Å². The second-order valence-electron chi connectivity index (χ2n) is 9.56.